The topological polar surface area (TPSA) is 58.6 Å². The van der Waals surface area contributed by atoms with Crippen molar-refractivity contribution in [3.63, 3.8) is 0 Å². The van der Waals surface area contributed by atoms with Crippen LogP contribution in [0.4, 0.5) is 24.5 Å². The van der Waals surface area contributed by atoms with Gasteiger partial charge in [-0.1, -0.05) is 18.2 Å². The van der Waals surface area contributed by atoms with Crippen LogP contribution >= 0.6 is 11.8 Å². The fourth-order valence-corrected chi connectivity index (χ4v) is 4.64. The van der Waals surface area contributed by atoms with Gasteiger partial charge in [0.15, 0.2) is 0 Å². The summed E-state index contributed by atoms with van der Waals surface area (Å²) in [6.45, 7) is 0. The zero-order valence-corrected chi connectivity index (χ0v) is 18.2. The molecule has 170 valence electrons. The third-order valence-corrected chi connectivity index (χ3v) is 6.34. The second-order valence-corrected chi connectivity index (χ2v) is 8.35. The first-order valence-electron chi connectivity index (χ1n) is 9.92. The Balaban J connectivity index is 1.50. The molecule has 9 heteroatoms. The number of anilines is 2. The van der Waals surface area contributed by atoms with Crippen molar-refractivity contribution in [2.24, 2.45) is 0 Å². The lowest BCUT2D eigenvalue weighted by Gasteiger charge is -2.25. The van der Waals surface area contributed by atoms with E-state index in [2.05, 4.69) is 5.32 Å². The number of nitrogens with one attached hydrogen (secondary N) is 1. The molecule has 1 unspecified atom stereocenters. The molecule has 0 radical (unpaired) electrons. The van der Waals surface area contributed by atoms with Crippen LogP contribution in [0.25, 0.3) is 0 Å². The van der Waals surface area contributed by atoms with Gasteiger partial charge in [0.2, 0.25) is 5.91 Å². The number of amides is 2. The Bertz CT molecular complexity index is 1160. The van der Waals surface area contributed by atoms with Gasteiger partial charge in [-0.3, -0.25) is 14.5 Å². The zero-order valence-electron chi connectivity index (χ0n) is 17.4. The standard InChI is InChI=1S/C24H19F3N2O3S/c1-32-20-4-2-3-16(13-20)22(31)28-18-9-5-15(6-10-18)23-29(21(30)14-33-23)19-11-7-17(8-12-19)24(25,26)27/h2-13,23H,14H2,1H3,(H,28,31). The van der Waals surface area contributed by atoms with E-state index in [-0.39, 0.29) is 22.9 Å². The Morgan fingerprint density at radius 1 is 1.06 bits per heavy atom. The number of carbonyl (C=O) groups is 2. The quantitative estimate of drug-likeness (QED) is 0.514. The summed E-state index contributed by atoms with van der Waals surface area (Å²) < 4.78 is 43.7. The van der Waals surface area contributed by atoms with Crippen LogP contribution in [0.15, 0.2) is 72.8 Å². The molecular formula is C24H19F3N2O3S. The van der Waals surface area contributed by atoms with Crippen LogP contribution in [0.3, 0.4) is 0 Å². The first-order valence-corrected chi connectivity index (χ1v) is 11.0. The van der Waals surface area contributed by atoms with Crippen molar-refractivity contribution in [3.8, 4) is 5.75 Å². The van der Waals surface area contributed by atoms with Crippen LogP contribution in [0, 0.1) is 0 Å². The molecule has 0 saturated carbocycles. The second-order valence-electron chi connectivity index (χ2n) is 7.28. The number of alkyl halides is 3. The summed E-state index contributed by atoms with van der Waals surface area (Å²) in [7, 11) is 1.52. The molecular weight excluding hydrogens is 453 g/mol. The van der Waals surface area contributed by atoms with Gasteiger partial charge >= 0.3 is 6.18 Å². The van der Waals surface area contributed by atoms with Crippen molar-refractivity contribution in [1.29, 1.82) is 0 Å². The van der Waals surface area contributed by atoms with Gasteiger partial charge in [-0.05, 0) is 60.2 Å². The molecule has 1 aliphatic rings. The molecule has 1 saturated heterocycles. The highest BCUT2D eigenvalue weighted by Gasteiger charge is 2.35. The Labute approximate surface area is 192 Å². The van der Waals surface area contributed by atoms with E-state index in [0.29, 0.717) is 22.7 Å². The normalized spacial score (nSPS) is 16.1. The molecule has 3 aromatic carbocycles. The molecule has 0 bridgehead atoms. The van der Waals surface area contributed by atoms with Crippen molar-refractivity contribution in [2.45, 2.75) is 11.6 Å². The van der Waals surface area contributed by atoms with Crippen LogP contribution < -0.4 is 15.0 Å². The molecule has 33 heavy (non-hydrogen) atoms. The van der Waals surface area contributed by atoms with Crippen LogP contribution in [0.2, 0.25) is 0 Å². The minimum atomic E-state index is -4.44. The minimum absolute atomic E-state index is 0.180. The molecule has 4 rings (SSSR count). The molecule has 1 N–H and O–H groups in total. The number of thioether (sulfide) groups is 1. The molecule has 5 nitrogen and oxygen atoms in total. The summed E-state index contributed by atoms with van der Waals surface area (Å²) in [6.07, 6.45) is -4.44. The summed E-state index contributed by atoms with van der Waals surface area (Å²) >= 11 is 1.39. The van der Waals surface area contributed by atoms with Gasteiger partial charge in [0.05, 0.1) is 18.4 Å². The van der Waals surface area contributed by atoms with E-state index in [4.69, 9.17) is 4.74 Å². The highest BCUT2D eigenvalue weighted by Crippen LogP contribution is 2.42. The molecule has 1 fully saturated rings. The number of rotatable bonds is 5. The van der Waals surface area contributed by atoms with E-state index >= 15 is 0 Å². The molecule has 1 atom stereocenters. The van der Waals surface area contributed by atoms with Crippen LogP contribution in [-0.2, 0) is 11.0 Å². The maximum Gasteiger partial charge on any atom is 0.416 e. The van der Waals surface area contributed by atoms with Gasteiger partial charge in [0, 0.05) is 16.9 Å². The average Bonchev–Trinajstić information content (AvgIpc) is 3.20. The Morgan fingerprint density at radius 2 is 1.76 bits per heavy atom. The van der Waals surface area contributed by atoms with Crippen molar-refractivity contribution in [3.05, 3.63) is 89.5 Å². The molecule has 0 spiro atoms. The van der Waals surface area contributed by atoms with Crippen LogP contribution in [0.5, 0.6) is 5.75 Å². The Kier molecular flexibility index (Phi) is 6.33. The smallest absolute Gasteiger partial charge is 0.416 e. The number of hydrogen-bond acceptors (Lipinski definition) is 4. The van der Waals surface area contributed by atoms with Gasteiger partial charge in [-0.2, -0.15) is 13.2 Å². The lowest BCUT2D eigenvalue weighted by atomic mass is 10.1. The van der Waals surface area contributed by atoms with E-state index < -0.39 is 11.7 Å². The SMILES string of the molecule is COc1cccc(C(=O)Nc2ccc(C3SCC(=O)N3c3ccc(C(F)(F)F)cc3)cc2)c1. The van der Waals surface area contributed by atoms with E-state index in [1.807, 2.05) is 0 Å². The van der Waals surface area contributed by atoms with Gasteiger partial charge in [-0.25, -0.2) is 0 Å². The van der Waals surface area contributed by atoms with Crippen LogP contribution in [0.1, 0.15) is 26.9 Å². The Hall–Kier alpha value is -3.46. The van der Waals surface area contributed by atoms with Gasteiger partial charge in [0.25, 0.3) is 5.91 Å². The third kappa shape index (κ3) is 4.98. The van der Waals surface area contributed by atoms with Crippen molar-refractivity contribution in [2.75, 3.05) is 23.1 Å². The molecule has 3 aromatic rings. The largest absolute Gasteiger partial charge is 0.497 e. The highest BCUT2D eigenvalue weighted by atomic mass is 32.2. The molecule has 1 heterocycles. The van der Waals surface area contributed by atoms with Crippen LogP contribution in [-0.4, -0.2) is 24.7 Å². The van der Waals surface area contributed by atoms with E-state index in [1.54, 1.807) is 48.5 Å². The summed E-state index contributed by atoms with van der Waals surface area (Å²) in [5.41, 5.74) is 1.45. The van der Waals surface area contributed by atoms with Gasteiger partial charge in [-0.15, -0.1) is 11.8 Å². The first kappa shape index (κ1) is 22.7. The predicted molar refractivity (Wildman–Crippen MR) is 122 cm³/mol. The fourth-order valence-electron chi connectivity index (χ4n) is 3.46. The maximum absolute atomic E-state index is 12.9. The summed E-state index contributed by atoms with van der Waals surface area (Å²) in [5, 5.41) is 2.43. The summed E-state index contributed by atoms with van der Waals surface area (Å²) in [6, 6.07) is 18.4. The highest BCUT2D eigenvalue weighted by molar-refractivity contribution is 8.00. The zero-order chi connectivity index (χ0) is 23.6. The number of methoxy groups -OCH3 is 1. The number of halogens is 3. The molecule has 1 aliphatic heterocycles. The van der Waals surface area contributed by atoms with E-state index in [0.717, 1.165) is 17.7 Å². The average molecular weight is 472 g/mol. The summed E-state index contributed by atoms with van der Waals surface area (Å²) in [5.74, 6) is 0.322. The lowest BCUT2D eigenvalue weighted by molar-refractivity contribution is -0.137. The second kappa shape index (κ2) is 9.19. The number of hydrogen-bond donors (Lipinski definition) is 1. The number of ether oxygens (including phenoxy) is 1. The van der Waals surface area contributed by atoms with Crippen molar-refractivity contribution >= 4 is 35.0 Å². The maximum atomic E-state index is 12.9. The van der Waals surface area contributed by atoms with E-state index in [1.165, 1.54) is 35.9 Å². The van der Waals surface area contributed by atoms with Crippen molar-refractivity contribution in [1.82, 2.24) is 0 Å². The van der Waals surface area contributed by atoms with Gasteiger partial charge < -0.3 is 10.1 Å². The third-order valence-electron chi connectivity index (χ3n) is 5.13. The fraction of sp³-hybridized carbons (Fsp3) is 0.167. The number of carbonyl (C=O) groups excluding carboxylic acids is 2. The van der Waals surface area contributed by atoms with Crippen molar-refractivity contribution < 1.29 is 27.5 Å². The minimum Gasteiger partial charge on any atom is -0.497 e. The molecule has 2 amide bonds. The Morgan fingerprint density at radius 3 is 2.39 bits per heavy atom. The van der Waals surface area contributed by atoms with Gasteiger partial charge in [0.1, 0.15) is 11.1 Å². The summed E-state index contributed by atoms with van der Waals surface area (Å²) in [4.78, 5) is 26.5. The lowest BCUT2D eigenvalue weighted by Crippen LogP contribution is -2.27. The first-order chi connectivity index (χ1) is 15.8. The predicted octanol–water partition coefficient (Wildman–Crippen LogP) is 5.74. The van der Waals surface area contributed by atoms with E-state index in [9.17, 15) is 22.8 Å². The molecule has 0 aliphatic carbocycles. The monoisotopic (exact) mass is 472 g/mol. The number of benzene rings is 3. The molecule has 0 aromatic heterocycles. The number of nitrogens with zero attached hydrogens (tertiary/aromatic N) is 1.